The number of hydrogen-bond donors (Lipinski definition) is 1. The molecule has 2 aromatic rings. The second kappa shape index (κ2) is 8.56. The Labute approximate surface area is 180 Å². The molecule has 0 unspecified atom stereocenters. The number of pyridine rings is 1. The minimum absolute atomic E-state index is 0.153. The molecule has 1 aliphatic carbocycles. The molecule has 0 bridgehead atoms. The number of fused-ring (bicyclic) bond motifs is 1. The van der Waals surface area contributed by atoms with Crippen LogP contribution in [0, 0.1) is 39.5 Å². The summed E-state index contributed by atoms with van der Waals surface area (Å²) in [6.45, 7) is 11.3. The minimum Gasteiger partial charge on any atom is -0.496 e. The van der Waals surface area contributed by atoms with E-state index in [9.17, 15) is 5.11 Å². The first-order valence-electron chi connectivity index (χ1n) is 11.0. The molecule has 4 rings (SSSR count). The summed E-state index contributed by atoms with van der Waals surface area (Å²) < 4.78 is 11.7. The van der Waals surface area contributed by atoms with Gasteiger partial charge >= 0.3 is 0 Å². The molecular formula is C25H34N2O3. The summed E-state index contributed by atoms with van der Waals surface area (Å²) in [4.78, 5) is 7.03. The van der Waals surface area contributed by atoms with Crippen molar-refractivity contribution in [1.82, 2.24) is 9.88 Å². The van der Waals surface area contributed by atoms with Crippen LogP contribution < -0.4 is 9.47 Å². The molecule has 1 saturated carbocycles. The van der Waals surface area contributed by atoms with Crippen LogP contribution in [0.1, 0.15) is 40.9 Å². The fraction of sp³-hybridized carbons (Fsp3) is 0.560. The van der Waals surface area contributed by atoms with Gasteiger partial charge in [0.05, 0.1) is 18.9 Å². The molecule has 2 fully saturated rings. The van der Waals surface area contributed by atoms with Crippen LogP contribution in [0.5, 0.6) is 11.5 Å². The predicted octanol–water partition coefficient (Wildman–Crippen LogP) is 3.97. The lowest BCUT2D eigenvalue weighted by Crippen LogP contribution is -2.42. The molecule has 1 N–H and O–H groups in total. The summed E-state index contributed by atoms with van der Waals surface area (Å²) in [7, 11) is 1.73. The van der Waals surface area contributed by atoms with Crippen molar-refractivity contribution in [2.24, 2.45) is 11.8 Å². The smallest absolute Gasteiger partial charge is 0.141 e. The van der Waals surface area contributed by atoms with Crippen molar-refractivity contribution >= 4 is 0 Å². The van der Waals surface area contributed by atoms with Gasteiger partial charge in [0.2, 0.25) is 0 Å². The van der Waals surface area contributed by atoms with Crippen LogP contribution >= 0.6 is 0 Å². The highest BCUT2D eigenvalue weighted by Gasteiger charge is 2.42. The molecule has 4 atom stereocenters. The first kappa shape index (κ1) is 21.1. The van der Waals surface area contributed by atoms with Crippen molar-refractivity contribution in [3.8, 4) is 11.5 Å². The van der Waals surface area contributed by atoms with E-state index in [1.54, 1.807) is 7.11 Å². The summed E-state index contributed by atoms with van der Waals surface area (Å²) in [5, 5.41) is 10.8. The van der Waals surface area contributed by atoms with Gasteiger partial charge in [-0.3, -0.25) is 9.88 Å². The van der Waals surface area contributed by atoms with Gasteiger partial charge in [-0.25, -0.2) is 0 Å². The number of ether oxygens (including phenoxy) is 2. The second-order valence-electron chi connectivity index (χ2n) is 9.19. The van der Waals surface area contributed by atoms with Gasteiger partial charge in [0.15, 0.2) is 0 Å². The fourth-order valence-electron chi connectivity index (χ4n) is 5.19. The largest absolute Gasteiger partial charge is 0.496 e. The highest BCUT2D eigenvalue weighted by atomic mass is 16.5. The van der Waals surface area contributed by atoms with Gasteiger partial charge in [-0.15, -0.1) is 0 Å². The van der Waals surface area contributed by atoms with Crippen molar-refractivity contribution in [2.75, 3.05) is 20.2 Å². The Kier molecular flexibility index (Phi) is 6.03. The summed E-state index contributed by atoms with van der Waals surface area (Å²) >= 11 is 0. The Hall–Kier alpha value is -2.11. The summed E-state index contributed by atoms with van der Waals surface area (Å²) in [5.41, 5.74) is 5.69. The number of nitrogens with zero attached hydrogens (tertiary/aromatic N) is 2. The number of rotatable bonds is 5. The first-order valence-corrected chi connectivity index (χ1v) is 11.0. The molecule has 1 aromatic carbocycles. The number of methoxy groups -OCH3 is 1. The van der Waals surface area contributed by atoms with Crippen LogP contribution in [0.4, 0.5) is 0 Å². The molecule has 1 saturated heterocycles. The molecule has 162 valence electrons. The molecule has 0 amide bonds. The number of aryl methyl sites for hydroxylation is 4. The minimum atomic E-state index is -0.420. The number of aliphatic hydroxyl groups is 1. The van der Waals surface area contributed by atoms with Crippen LogP contribution in [0.2, 0.25) is 0 Å². The third kappa shape index (κ3) is 4.33. The Morgan fingerprint density at radius 2 is 1.73 bits per heavy atom. The maximum absolute atomic E-state index is 10.8. The fourth-order valence-corrected chi connectivity index (χ4v) is 5.19. The summed E-state index contributed by atoms with van der Waals surface area (Å²) in [6.07, 6.45) is 1.14. The average molecular weight is 411 g/mol. The van der Waals surface area contributed by atoms with Crippen LogP contribution in [0.3, 0.4) is 0 Å². The topological polar surface area (TPSA) is 54.8 Å². The van der Waals surface area contributed by atoms with E-state index in [4.69, 9.17) is 9.47 Å². The zero-order valence-electron chi connectivity index (χ0n) is 18.8. The maximum Gasteiger partial charge on any atom is 0.141 e. The van der Waals surface area contributed by atoms with Crippen LogP contribution in [0.15, 0.2) is 24.3 Å². The van der Waals surface area contributed by atoms with Crippen LogP contribution in [-0.2, 0) is 6.54 Å². The zero-order chi connectivity index (χ0) is 21.4. The van der Waals surface area contributed by atoms with E-state index in [-0.39, 0.29) is 6.10 Å². The molecular weight excluding hydrogens is 376 g/mol. The number of likely N-dealkylation sites (tertiary alicyclic amines) is 1. The van der Waals surface area contributed by atoms with Gasteiger partial charge in [0.25, 0.3) is 0 Å². The van der Waals surface area contributed by atoms with Crippen LogP contribution in [0.25, 0.3) is 0 Å². The molecule has 0 radical (unpaired) electrons. The van der Waals surface area contributed by atoms with Crippen molar-refractivity contribution in [2.45, 2.75) is 59.3 Å². The quantitative estimate of drug-likeness (QED) is 0.808. The van der Waals surface area contributed by atoms with Crippen molar-refractivity contribution < 1.29 is 14.6 Å². The Morgan fingerprint density at radius 3 is 2.43 bits per heavy atom. The lowest BCUT2D eigenvalue weighted by Gasteiger charge is -2.35. The van der Waals surface area contributed by atoms with E-state index in [1.807, 2.05) is 26.0 Å². The third-order valence-corrected chi connectivity index (χ3v) is 6.86. The molecule has 1 aromatic heterocycles. The van der Waals surface area contributed by atoms with E-state index in [1.165, 1.54) is 16.7 Å². The van der Waals surface area contributed by atoms with Crippen molar-refractivity contribution in [3.05, 3.63) is 52.3 Å². The molecule has 1 aliphatic heterocycles. The van der Waals surface area contributed by atoms with Gasteiger partial charge in [-0.2, -0.15) is 0 Å². The number of hydrogen-bond acceptors (Lipinski definition) is 5. The standard InChI is InChI=1S/C25H34N2O3/c1-15-9-24(29-5)16(2)8-19(15)12-27-13-20-10-22(28)25(11-21(20)14-27)30-23-7-6-17(3)26-18(23)4/h6-9,20-22,25,28H,10-14H2,1-5H3/t20-,21+,22+,25+/m0/s1. The Morgan fingerprint density at radius 1 is 1.00 bits per heavy atom. The zero-order valence-corrected chi connectivity index (χ0v) is 18.8. The maximum atomic E-state index is 10.8. The average Bonchev–Trinajstić information content (AvgIpc) is 3.07. The van der Waals surface area contributed by atoms with E-state index in [0.717, 1.165) is 55.4 Å². The number of aromatic nitrogens is 1. The van der Waals surface area contributed by atoms with Gasteiger partial charge in [0.1, 0.15) is 17.6 Å². The molecule has 0 spiro atoms. The van der Waals surface area contributed by atoms with Crippen molar-refractivity contribution in [1.29, 1.82) is 0 Å². The van der Waals surface area contributed by atoms with E-state index in [0.29, 0.717) is 11.8 Å². The molecule has 30 heavy (non-hydrogen) atoms. The molecule has 2 heterocycles. The lowest BCUT2D eigenvalue weighted by atomic mass is 9.78. The van der Waals surface area contributed by atoms with Gasteiger partial charge in [0, 0.05) is 25.3 Å². The highest BCUT2D eigenvalue weighted by molar-refractivity contribution is 5.41. The normalized spacial score (nSPS) is 26.5. The van der Waals surface area contributed by atoms with Crippen molar-refractivity contribution in [3.63, 3.8) is 0 Å². The SMILES string of the molecule is COc1cc(C)c(CN2C[C@H]3C[C@@H](Oc4ccc(C)nc4C)[C@H](O)C[C@H]3C2)cc1C. The molecule has 5 nitrogen and oxygen atoms in total. The number of benzene rings is 1. The van der Waals surface area contributed by atoms with Gasteiger partial charge in [-0.1, -0.05) is 6.07 Å². The predicted molar refractivity (Wildman–Crippen MR) is 118 cm³/mol. The summed E-state index contributed by atoms with van der Waals surface area (Å²) in [6, 6.07) is 8.34. The molecule has 2 aliphatic rings. The van der Waals surface area contributed by atoms with E-state index >= 15 is 0 Å². The lowest BCUT2D eigenvalue weighted by molar-refractivity contribution is -0.0236. The number of aliphatic hydroxyl groups excluding tert-OH is 1. The van der Waals surface area contributed by atoms with Crippen LogP contribution in [-0.4, -0.2) is 47.4 Å². The monoisotopic (exact) mass is 410 g/mol. The first-order chi connectivity index (χ1) is 14.3. The Bertz CT molecular complexity index is 914. The Balaban J connectivity index is 1.41. The van der Waals surface area contributed by atoms with Gasteiger partial charge in [-0.05, 0) is 87.3 Å². The van der Waals surface area contributed by atoms with E-state index < -0.39 is 6.10 Å². The van der Waals surface area contributed by atoms with Gasteiger partial charge < -0.3 is 14.6 Å². The highest BCUT2D eigenvalue weighted by Crippen LogP contribution is 2.39. The second-order valence-corrected chi connectivity index (χ2v) is 9.19. The molecule has 5 heteroatoms. The third-order valence-electron chi connectivity index (χ3n) is 6.86. The summed E-state index contributed by atoms with van der Waals surface area (Å²) in [5.74, 6) is 2.85. The van der Waals surface area contributed by atoms with E-state index in [2.05, 4.69) is 35.9 Å².